The Bertz CT molecular complexity index is 6450. The van der Waals surface area contributed by atoms with E-state index in [1.807, 2.05) is 146 Å². The van der Waals surface area contributed by atoms with Crippen molar-refractivity contribution in [2.24, 2.45) is 0 Å². The van der Waals surface area contributed by atoms with Gasteiger partial charge in [-0.1, -0.05) is 278 Å². The summed E-state index contributed by atoms with van der Waals surface area (Å²) < 4.78 is 18.6. The van der Waals surface area contributed by atoms with Crippen molar-refractivity contribution in [3.05, 3.63) is 338 Å². The summed E-state index contributed by atoms with van der Waals surface area (Å²) in [5.74, 6) is 3.67. The van der Waals surface area contributed by atoms with E-state index in [1.165, 1.54) is 38.2 Å². The van der Waals surface area contributed by atoms with Gasteiger partial charge in [0, 0.05) is 76.5 Å². The van der Waals surface area contributed by atoms with Crippen molar-refractivity contribution in [1.29, 1.82) is 0 Å². The fourth-order valence-corrected chi connectivity index (χ4v) is 15.0. The Hall–Kier alpha value is -13.7. The summed E-state index contributed by atoms with van der Waals surface area (Å²) in [6.07, 6.45) is 0. The lowest BCUT2D eigenvalue weighted by molar-refractivity contribution is 0.666. The van der Waals surface area contributed by atoms with E-state index in [0.717, 1.165) is 133 Å². The average molecular weight is 1320 g/mol. The number of para-hydroxylation sites is 4. The smallest absolute Gasteiger partial charge is 0.164 e. The highest BCUT2D eigenvalue weighted by atomic mass is 16.3. The van der Waals surface area contributed by atoms with Crippen LogP contribution in [0, 0.1) is 20.8 Å². The van der Waals surface area contributed by atoms with Gasteiger partial charge in [0.1, 0.15) is 11.2 Å². The zero-order valence-corrected chi connectivity index (χ0v) is 56.5. The van der Waals surface area contributed by atoms with E-state index in [0.29, 0.717) is 34.9 Å². The largest absolute Gasteiger partial charge is 0.454 e. The molecule has 103 heavy (non-hydrogen) atoms. The molecule has 0 aliphatic carbocycles. The highest BCUT2D eigenvalue weighted by Crippen LogP contribution is 2.46. The summed E-state index contributed by atoms with van der Waals surface area (Å²) in [6.45, 7) is 6.43. The Morgan fingerprint density at radius 1 is 0.223 bits per heavy atom. The van der Waals surface area contributed by atoms with E-state index in [2.05, 4.69) is 206 Å². The maximum absolute atomic E-state index is 6.94. The van der Waals surface area contributed by atoms with Crippen LogP contribution in [0.2, 0.25) is 0 Å². The predicted molar refractivity (Wildman–Crippen MR) is 421 cm³/mol. The lowest BCUT2D eigenvalue weighted by Gasteiger charge is -2.13. The first-order valence-corrected chi connectivity index (χ1v) is 34.6. The number of aromatic nitrogens is 8. The SMILES string of the molecule is Cc1cc(C)cc(-c2cc(-n3c4ccccc4c4ccccc43)c3oc4cccc(-c5nc(-c6ccccc6)nc(-c6ccccc6)n5)c4c3c2)c1.Cc1ccc(-c2cc(-n3c4ccccc4c4ccccc43)c3oc4cccc(-c5nc(-c6ccccc6)nc(-c6ccccc6)n5)c4c3c2)cc1. The van der Waals surface area contributed by atoms with Crippen LogP contribution in [0.25, 0.3) is 189 Å². The van der Waals surface area contributed by atoms with Crippen LogP contribution in [-0.4, -0.2) is 39.0 Å². The number of hydrogen-bond acceptors (Lipinski definition) is 8. The third-order valence-electron chi connectivity index (χ3n) is 19.6. The number of furan rings is 2. The minimum Gasteiger partial charge on any atom is -0.454 e. The molecule has 0 bridgehead atoms. The third kappa shape index (κ3) is 10.7. The normalized spacial score (nSPS) is 11.6. The summed E-state index contributed by atoms with van der Waals surface area (Å²) in [5, 5.41) is 8.73. The van der Waals surface area contributed by atoms with E-state index in [-0.39, 0.29) is 0 Å². The Morgan fingerprint density at radius 3 is 0.893 bits per heavy atom. The van der Waals surface area contributed by atoms with Gasteiger partial charge in [-0.2, -0.15) is 0 Å². The molecular weight excluding hydrogens is 1260 g/mol. The molecule has 6 aromatic heterocycles. The molecule has 10 nitrogen and oxygen atoms in total. The van der Waals surface area contributed by atoms with Crippen LogP contribution in [0.4, 0.5) is 0 Å². The molecule has 0 radical (unpaired) electrons. The Balaban J connectivity index is 0.000000142. The average Bonchev–Trinajstić information content (AvgIpc) is 1.58. The number of hydrogen-bond donors (Lipinski definition) is 0. The molecule has 0 amide bonds. The minimum atomic E-state index is 0.593. The summed E-state index contributed by atoms with van der Waals surface area (Å²) in [6, 6.07) is 112. The monoisotopic (exact) mass is 1320 g/mol. The highest BCUT2D eigenvalue weighted by Gasteiger charge is 2.26. The number of nitrogens with zero attached hydrogens (tertiary/aromatic N) is 8. The standard InChI is InChI=1S/C47H32N4O.C46H30N4O/c1-29-24-30(2)26-33(25-29)34-27-38-43-37(47-49-45(31-14-5-3-6-15-31)48-46(50-47)32-16-7-4-8-17-32)20-13-23-42(43)52-44(38)41(28-34)51-39-21-11-9-18-35(39)36-19-10-12-22-40(36)51;1-29-23-25-30(26-24-29)33-27-37-42-36(46-48-44(31-13-4-2-5-14-31)47-45(49-46)32-15-6-3-7-16-32)19-12-22-41(42)51-43(37)40(28-33)50-38-20-10-8-17-34(38)35-18-9-11-21-39(35)50/h3-28H,1-2H3;2-28H,1H3. The first kappa shape index (κ1) is 60.5. The van der Waals surface area contributed by atoms with Crippen molar-refractivity contribution in [1.82, 2.24) is 39.0 Å². The van der Waals surface area contributed by atoms with Gasteiger partial charge < -0.3 is 18.0 Å². The van der Waals surface area contributed by atoms with Crippen LogP contribution < -0.4 is 0 Å². The molecule has 14 aromatic carbocycles. The number of fused-ring (bicyclic) bond motifs is 12. The minimum absolute atomic E-state index is 0.593. The Kier molecular flexibility index (Phi) is 14.6. The Labute approximate surface area is 592 Å². The van der Waals surface area contributed by atoms with Crippen LogP contribution in [0.5, 0.6) is 0 Å². The first-order valence-electron chi connectivity index (χ1n) is 34.6. The van der Waals surface area contributed by atoms with Crippen LogP contribution in [0.3, 0.4) is 0 Å². The molecule has 0 aliphatic heterocycles. The van der Waals surface area contributed by atoms with E-state index in [4.69, 9.17) is 38.7 Å². The van der Waals surface area contributed by atoms with Crippen molar-refractivity contribution < 1.29 is 8.83 Å². The van der Waals surface area contributed by atoms with Crippen molar-refractivity contribution in [2.75, 3.05) is 0 Å². The maximum atomic E-state index is 6.94. The van der Waals surface area contributed by atoms with Crippen molar-refractivity contribution in [3.63, 3.8) is 0 Å². The molecule has 0 saturated carbocycles. The van der Waals surface area contributed by atoms with Gasteiger partial charge in [-0.3, -0.25) is 0 Å². The molecule has 0 aliphatic rings. The second kappa shape index (κ2) is 24.9. The van der Waals surface area contributed by atoms with Gasteiger partial charge >= 0.3 is 0 Å². The zero-order valence-electron chi connectivity index (χ0n) is 56.5. The maximum Gasteiger partial charge on any atom is 0.164 e. The summed E-state index contributed by atoms with van der Waals surface area (Å²) in [4.78, 5) is 30.4. The van der Waals surface area contributed by atoms with Gasteiger partial charge in [0.2, 0.25) is 0 Å². The Morgan fingerprint density at radius 2 is 0.534 bits per heavy atom. The number of benzene rings is 14. The zero-order chi connectivity index (χ0) is 68.7. The molecule has 0 atom stereocenters. The van der Waals surface area contributed by atoms with Crippen LogP contribution >= 0.6 is 0 Å². The van der Waals surface area contributed by atoms with Crippen LogP contribution in [-0.2, 0) is 0 Å². The second-order valence-corrected chi connectivity index (χ2v) is 26.4. The van der Waals surface area contributed by atoms with Gasteiger partial charge in [-0.15, -0.1) is 0 Å². The first-order chi connectivity index (χ1) is 50.8. The predicted octanol–water partition coefficient (Wildman–Crippen LogP) is 24.0. The molecule has 0 fully saturated rings. The topological polar surface area (TPSA) is 113 Å². The van der Waals surface area contributed by atoms with Gasteiger partial charge in [0.15, 0.2) is 46.1 Å². The third-order valence-corrected chi connectivity index (χ3v) is 19.6. The van der Waals surface area contributed by atoms with Crippen LogP contribution in [0.1, 0.15) is 16.7 Å². The molecule has 20 aromatic rings. The lowest BCUT2D eigenvalue weighted by atomic mass is 9.97. The van der Waals surface area contributed by atoms with E-state index in [1.54, 1.807) is 0 Å². The molecule has 20 rings (SSSR count). The number of rotatable bonds is 10. The van der Waals surface area contributed by atoms with Crippen molar-refractivity contribution in [3.8, 4) is 102 Å². The molecular formula is C93H62N8O2. The molecule has 0 saturated heterocycles. The molecule has 0 unspecified atom stereocenters. The van der Waals surface area contributed by atoms with E-state index < -0.39 is 0 Å². The molecule has 10 heteroatoms. The summed E-state index contributed by atoms with van der Waals surface area (Å²) in [7, 11) is 0. The quantitative estimate of drug-likeness (QED) is 0.133. The fraction of sp³-hybridized carbons (Fsp3) is 0.0323. The summed E-state index contributed by atoms with van der Waals surface area (Å²) in [5.41, 5.74) is 23.3. The van der Waals surface area contributed by atoms with Gasteiger partial charge in [-0.25, -0.2) is 29.9 Å². The van der Waals surface area contributed by atoms with Gasteiger partial charge in [0.05, 0.1) is 33.4 Å². The van der Waals surface area contributed by atoms with E-state index >= 15 is 0 Å². The molecule has 6 heterocycles. The summed E-state index contributed by atoms with van der Waals surface area (Å²) >= 11 is 0. The molecule has 486 valence electrons. The fourth-order valence-electron chi connectivity index (χ4n) is 15.0. The van der Waals surface area contributed by atoms with E-state index in [9.17, 15) is 0 Å². The van der Waals surface area contributed by atoms with Crippen molar-refractivity contribution >= 4 is 87.5 Å². The second-order valence-electron chi connectivity index (χ2n) is 26.4. The van der Waals surface area contributed by atoms with Crippen LogP contribution in [0.15, 0.2) is 330 Å². The lowest BCUT2D eigenvalue weighted by Crippen LogP contribution is -2.00. The van der Waals surface area contributed by atoms with Gasteiger partial charge in [0.25, 0.3) is 0 Å². The van der Waals surface area contributed by atoms with Gasteiger partial charge in [-0.05, 0) is 104 Å². The van der Waals surface area contributed by atoms with Crippen molar-refractivity contribution in [2.45, 2.75) is 20.8 Å². The molecule has 0 N–H and O–H groups in total. The molecule has 0 spiro atoms. The highest BCUT2D eigenvalue weighted by molar-refractivity contribution is 6.19. The number of aryl methyl sites for hydroxylation is 3.